The van der Waals surface area contributed by atoms with Gasteiger partial charge in [-0.1, -0.05) is 24.3 Å². The largest absolute Gasteiger partial charge is 0.493 e. The predicted molar refractivity (Wildman–Crippen MR) is 103 cm³/mol. The number of anilines is 2. The summed E-state index contributed by atoms with van der Waals surface area (Å²) in [5.74, 6) is 1.22. The van der Waals surface area contributed by atoms with Crippen molar-refractivity contribution in [3.8, 4) is 11.5 Å². The number of carbonyl (C=O) groups is 1. The maximum atomic E-state index is 12.9. The van der Waals surface area contributed by atoms with E-state index in [4.69, 9.17) is 9.47 Å². The van der Waals surface area contributed by atoms with Gasteiger partial charge < -0.3 is 20.1 Å². The molecular weight excluding hydrogens is 363 g/mol. The highest BCUT2D eigenvalue weighted by atomic mass is 19.1. The summed E-state index contributed by atoms with van der Waals surface area (Å²) in [5.41, 5.74) is 0.911. The lowest BCUT2D eigenvalue weighted by atomic mass is 10.2. The lowest BCUT2D eigenvalue weighted by Gasteiger charge is -2.10. The first-order valence-corrected chi connectivity index (χ1v) is 8.52. The summed E-state index contributed by atoms with van der Waals surface area (Å²) >= 11 is 0. The van der Waals surface area contributed by atoms with Gasteiger partial charge in [0.05, 0.1) is 7.11 Å². The number of para-hydroxylation sites is 2. The monoisotopic (exact) mass is 382 g/mol. The van der Waals surface area contributed by atoms with Gasteiger partial charge in [0.1, 0.15) is 11.6 Å². The van der Waals surface area contributed by atoms with Crippen LogP contribution < -0.4 is 20.1 Å². The highest BCUT2D eigenvalue weighted by Gasteiger charge is 2.08. The summed E-state index contributed by atoms with van der Waals surface area (Å²) in [6.07, 6.45) is 0. The average Bonchev–Trinajstić information content (AvgIpc) is 2.73. The van der Waals surface area contributed by atoms with Crippen molar-refractivity contribution in [2.45, 2.75) is 6.54 Å². The van der Waals surface area contributed by atoms with Crippen LogP contribution in [0, 0.1) is 5.82 Å². The second kappa shape index (κ2) is 9.31. The van der Waals surface area contributed by atoms with E-state index in [0.717, 1.165) is 5.56 Å². The van der Waals surface area contributed by atoms with Crippen molar-refractivity contribution in [1.29, 1.82) is 0 Å². The molecule has 0 saturated heterocycles. The highest BCUT2D eigenvalue weighted by molar-refractivity contribution is 5.90. The van der Waals surface area contributed by atoms with E-state index in [1.54, 1.807) is 42.5 Å². The van der Waals surface area contributed by atoms with Crippen LogP contribution in [-0.4, -0.2) is 29.8 Å². The Labute approximate surface area is 161 Å². The molecule has 0 fully saturated rings. The number of hydrogen-bond acceptors (Lipinski definition) is 6. The fourth-order valence-electron chi connectivity index (χ4n) is 2.35. The van der Waals surface area contributed by atoms with Crippen LogP contribution in [0.1, 0.15) is 5.56 Å². The van der Waals surface area contributed by atoms with Crippen molar-refractivity contribution < 1.29 is 18.7 Å². The molecule has 0 aliphatic rings. The number of carbonyl (C=O) groups excluding carboxylic acids is 1. The topological polar surface area (TPSA) is 85.4 Å². The van der Waals surface area contributed by atoms with E-state index in [9.17, 15) is 9.18 Å². The molecule has 2 N–H and O–H groups in total. The molecule has 0 bridgehead atoms. The first kappa shape index (κ1) is 19.1. The summed E-state index contributed by atoms with van der Waals surface area (Å²) in [7, 11) is 1.53. The molecule has 144 valence electrons. The van der Waals surface area contributed by atoms with Gasteiger partial charge in [0.25, 0.3) is 5.91 Å². The zero-order chi connectivity index (χ0) is 19.8. The van der Waals surface area contributed by atoms with E-state index >= 15 is 0 Å². The molecule has 0 unspecified atom stereocenters. The van der Waals surface area contributed by atoms with Crippen LogP contribution in [0.4, 0.5) is 16.0 Å². The second-order valence-electron chi connectivity index (χ2n) is 5.77. The van der Waals surface area contributed by atoms with E-state index < -0.39 is 0 Å². The van der Waals surface area contributed by atoms with Crippen LogP contribution in [0.2, 0.25) is 0 Å². The van der Waals surface area contributed by atoms with Crippen molar-refractivity contribution in [3.63, 3.8) is 0 Å². The molecule has 1 heterocycles. The van der Waals surface area contributed by atoms with E-state index in [0.29, 0.717) is 29.7 Å². The molecular formula is C20H19FN4O3. The zero-order valence-corrected chi connectivity index (χ0v) is 15.2. The van der Waals surface area contributed by atoms with Crippen LogP contribution in [0.5, 0.6) is 11.5 Å². The molecule has 0 aliphatic heterocycles. The maximum Gasteiger partial charge on any atom is 0.263 e. The fraction of sp³-hybridized carbons (Fsp3) is 0.150. The van der Waals surface area contributed by atoms with Crippen LogP contribution in [0.15, 0.2) is 60.7 Å². The van der Waals surface area contributed by atoms with Crippen molar-refractivity contribution in [2.24, 2.45) is 0 Å². The third-order valence-corrected chi connectivity index (χ3v) is 3.75. The first-order chi connectivity index (χ1) is 13.6. The minimum Gasteiger partial charge on any atom is -0.493 e. The smallest absolute Gasteiger partial charge is 0.263 e. The molecule has 28 heavy (non-hydrogen) atoms. The molecule has 8 heteroatoms. The second-order valence-corrected chi connectivity index (χ2v) is 5.77. The molecule has 7 nitrogen and oxygen atoms in total. The maximum absolute atomic E-state index is 12.9. The summed E-state index contributed by atoms with van der Waals surface area (Å²) in [4.78, 5) is 12.0. The summed E-state index contributed by atoms with van der Waals surface area (Å²) in [6.45, 7) is 0.292. The molecule has 0 radical (unpaired) electrons. The van der Waals surface area contributed by atoms with Gasteiger partial charge in [-0.15, -0.1) is 10.2 Å². The van der Waals surface area contributed by atoms with E-state index in [1.807, 2.05) is 6.07 Å². The normalized spacial score (nSPS) is 10.2. The molecule has 2 aromatic carbocycles. The van der Waals surface area contributed by atoms with Gasteiger partial charge in [-0.2, -0.15) is 0 Å². The minimum atomic E-state index is -0.368. The Kier molecular flexibility index (Phi) is 6.35. The van der Waals surface area contributed by atoms with Gasteiger partial charge in [0.15, 0.2) is 23.9 Å². The number of amides is 1. The minimum absolute atomic E-state index is 0.188. The summed E-state index contributed by atoms with van der Waals surface area (Å²) in [6, 6.07) is 16.5. The van der Waals surface area contributed by atoms with Crippen LogP contribution in [0.25, 0.3) is 0 Å². The van der Waals surface area contributed by atoms with E-state index in [-0.39, 0.29) is 18.3 Å². The third kappa shape index (κ3) is 5.41. The number of nitrogens with zero attached hydrogens (tertiary/aromatic N) is 2. The standard InChI is InChI=1S/C20H19FN4O3/c1-27-16-4-2-3-5-17(16)28-13-20(26)23-19-11-10-18(24-25-19)22-12-14-6-8-15(21)9-7-14/h2-11H,12-13H2,1H3,(H,22,24)(H,23,25,26). The Balaban J connectivity index is 1.48. The lowest BCUT2D eigenvalue weighted by molar-refractivity contribution is -0.118. The first-order valence-electron chi connectivity index (χ1n) is 8.52. The average molecular weight is 382 g/mol. The van der Waals surface area contributed by atoms with Gasteiger partial charge in [0, 0.05) is 6.54 Å². The number of rotatable bonds is 8. The number of aromatic nitrogens is 2. The van der Waals surface area contributed by atoms with Gasteiger partial charge in [-0.3, -0.25) is 4.79 Å². The molecule has 0 spiro atoms. The van der Waals surface area contributed by atoms with E-state index in [2.05, 4.69) is 20.8 Å². The number of hydrogen-bond donors (Lipinski definition) is 2. The Morgan fingerprint density at radius 3 is 2.32 bits per heavy atom. The SMILES string of the molecule is COc1ccccc1OCC(=O)Nc1ccc(NCc2ccc(F)cc2)nn1. The van der Waals surface area contributed by atoms with Crippen LogP contribution in [0.3, 0.4) is 0 Å². The van der Waals surface area contributed by atoms with Gasteiger partial charge in [-0.25, -0.2) is 4.39 Å². The van der Waals surface area contributed by atoms with Crippen LogP contribution in [-0.2, 0) is 11.3 Å². The molecule has 0 saturated carbocycles. The van der Waals surface area contributed by atoms with Gasteiger partial charge in [-0.05, 0) is 42.0 Å². The Morgan fingerprint density at radius 2 is 1.64 bits per heavy atom. The van der Waals surface area contributed by atoms with Crippen molar-refractivity contribution in [3.05, 3.63) is 72.0 Å². The molecule has 3 aromatic rings. The Hall–Kier alpha value is -3.68. The fourth-order valence-corrected chi connectivity index (χ4v) is 2.35. The predicted octanol–water partition coefficient (Wildman–Crippen LogP) is 3.25. The summed E-state index contributed by atoms with van der Waals surface area (Å²) < 4.78 is 23.5. The molecule has 1 amide bonds. The van der Waals surface area contributed by atoms with Crippen molar-refractivity contribution >= 4 is 17.5 Å². The zero-order valence-electron chi connectivity index (χ0n) is 15.2. The van der Waals surface area contributed by atoms with Crippen LogP contribution >= 0.6 is 0 Å². The number of benzene rings is 2. The molecule has 3 rings (SSSR count). The Morgan fingerprint density at radius 1 is 0.964 bits per heavy atom. The summed E-state index contributed by atoms with van der Waals surface area (Å²) in [5, 5.41) is 13.6. The number of methoxy groups -OCH3 is 1. The lowest BCUT2D eigenvalue weighted by Crippen LogP contribution is -2.21. The third-order valence-electron chi connectivity index (χ3n) is 3.75. The number of halogens is 1. The highest BCUT2D eigenvalue weighted by Crippen LogP contribution is 2.25. The number of nitrogens with one attached hydrogen (secondary N) is 2. The van der Waals surface area contributed by atoms with Crippen molar-refractivity contribution in [2.75, 3.05) is 24.4 Å². The van der Waals surface area contributed by atoms with E-state index in [1.165, 1.54) is 19.2 Å². The molecule has 1 aromatic heterocycles. The Bertz CT molecular complexity index is 917. The van der Waals surface area contributed by atoms with Gasteiger partial charge >= 0.3 is 0 Å². The quantitative estimate of drug-likeness (QED) is 0.622. The van der Waals surface area contributed by atoms with Gasteiger partial charge in [0.2, 0.25) is 0 Å². The molecule has 0 aliphatic carbocycles. The van der Waals surface area contributed by atoms with Crippen molar-refractivity contribution in [1.82, 2.24) is 10.2 Å². The number of ether oxygens (including phenoxy) is 2. The molecule has 0 atom stereocenters.